The van der Waals surface area contributed by atoms with Crippen LogP contribution in [0.4, 0.5) is 8.78 Å². The lowest BCUT2D eigenvalue weighted by Gasteiger charge is -2.42. The second kappa shape index (κ2) is 9.20. The first-order chi connectivity index (χ1) is 16.9. The fourth-order valence-corrected chi connectivity index (χ4v) is 4.67. The number of imidazole rings is 1. The second-order valence-corrected chi connectivity index (χ2v) is 8.76. The van der Waals surface area contributed by atoms with Gasteiger partial charge in [-0.2, -0.15) is 5.10 Å². The molecule has 0 bridgehead atoms. The molecule has 2 aromatic heterocycles. The van der Waals surface area contributed by atoms with Gasteiger partial charge in [-0.1, -0.05) is 18.2 Å². The number of hydrogen-bond acceptors (Lipinski definition) is 6. The van der Waals surface area contributed by atoms with E-state index >= 15 is 0 Å². The first-order valence-corrected chi connectivity index (χ1v) is 11.3. The molecular weight excluding hydrogens is 454 g/mol. The molecular formula is C25H26F2N6O2. The molecule has 0 amide bonds. The van der Waals surface area contributed by atoms with Crippen LogP contribution in [-0.4, -0.2) is 54.0 Å². The van der Waals surface area contributed by atoms with Crippen LogP contribution < -0.4 is 4.74 Å². The number of hydrogen-bond donors (Lipinski definition) is 1. The van der Waals surface area contributed by atoms with Gasteiger partial charge in [0.15, 0.2) is 0 Å². The van der Waals surface area contributed by atoms with Gasteiger partial charge in [-0.15, -0.1) is 0 Å². The summed E-state index contributed by atoms with van der Waals surface area (Å²) in [4.78, 5) is 10.8. The fraction of sp³-hybridized carbons (Fsp3) is 0.320. The lowest BCUT2D eigenvalue weighted by molar-refractivity contribution is -0.0709. The number of rotatable bonds is 7. The van der Waals surface area contributed by atoms with E-state index in [0.717, 1.165) is 35.0 Å². The normalized spacial score (nSPS) is 16.5. The maximum Gasteiger partial charge on any atom is 0.137 e. The highest BCUT2D eigenvalue weighted by molar-refractivity contribution is 5.60. The molecule has 4 aromatic rings. The van der Waals surface area contributed by atoms with Crippen molar-refractivity contribution in [3.8, 4) is 17.0 Å². The number of nitrogens with zero attached hydrogens (tertiary/aromatic N) is 6. The standard InChI is InChI=1S/C25H26F2N6O2/c1-17(25(34,14-33-16-28-15-29-33)21-7-6-19(26)11-22(21)27)31-8-9-32-12-23(30-24(32)13-31)18-4-3-5-20(10-18)35-2/h3-7,10-12,15-17,34H,8-9,13-14H2,1-2H3/t17-,25-/m1/s1. The Hall–Kier alpha value is -3.63. The molecule has 0 aliphatic carbocycles. The summed E-state index contributed by atoms with van der Waals surface area (Å²) in [5.41, 5.74) is 0.0845. The van der Waals surface area contributed by atoms with E-state index < -0.39 is 23.3 Å². The summed E-state index contributed by atoms with van der Waals surface area (Å²) in [5, 5.41) is 16.0. The third-order valence-corrected chi connectivity index (χ3v) is 6.70. The average molecular weight is 481 g/mol. The van der Waals surface area contributed by atoms with E-state index in [1.807, 2.05) is 37.4 Å². The first kappa shape index (κ1) is 23.1. The summed E-state index contributed by atoms with van der Waals surface area (Å²) in [7, 11) is 1.63. The Morgan fingerprint density at radius 3 is 2.77 bits per heavy atom. The number of ether oxygens (including phenoxy) is 1. The minimum atomic E-state index is -1.70. The lowest BCUT2D eigenvalue weighted by atomic mass is 9.85. The molecule has 0 saturated heterocycles. The Kier molecular flexibility index (Phi) is 6.08. The molecule has 182 valence electrons. The Bertz CT molecular complexity index is 1330. The maximum atomic E-state index is 14.9. The summed E-state index contributed by atoms with van der Waals surface area (Å²) in [6.45, 7) is 3.51. The zero-order valence-corrected chi connectivity index (χ0v) is 19.5. The van der Waals surface area contributed by atoms with Gasteiger partial charge in [0, 0.05) is 42.5 Å². The van der Waals surface area contributed by atoms with Gasteiger partial charge in [-0.25, -0.2) is 23.4 Å². The number of fused-ring (bicyclic) bond motifs is 1. The molecule has 0 saturated carbocycles. The van der Waals surface area contributed by atoms with Crippen LogP contribution in [0.15, 0.2) is 61.3 Å². The monoisotopic (exact) mass is 480 g/mol. The Morgan fingerprint density at radius 2 is 2.03 bits per heavy atom. The van der Waals surface area contributed by atoms with E-state index in [-0.39, 0.29) is 12.1 Å². The largest absolute Gasteiger partial charge is 0.497 e. The quantitative estimate of drug-likeness (QED) is 0.438. The summed E-state index contributed by atoms with van der Waals surface area (Å²) < 4.78 is 37.4. The predicted octanol–water partition coefficient (Wildman–Crippen LogP) is 3.22. The van der Waals surface area contributed by atoms with Crippen LogP contribution in [0.1, 0.15) is 18.3 Å². The molecule has 2 atom stereocenters. The molecule has 10 heteroatoms. The Labute approximate surface area is 201 Å². The molecule has 0 radical (unpaired) electrons. The molecule has 1 aliphatic heterocycles. The molecule has 0 unspecified atom stereocenters. The maximum absolute atomic E-state index is 14.9. The van der Waals surface area contributed by atoms with Crippen molar-refractivity contribution < 1.29 is 18.6 Å². The molecule has 2 aromatic carbocycles. The number of methoxy groups -OCH3 is 1. The van der Waals surface area contributed by atoms with Crippen LogP contribution in [0.25, 0.3) is 11.3 Å². The van der Waals surface area contributed by atoms with Crippen molar-refractivity contribution in [2.24, 2.45) is 0 Å². The molecule has 3 heterocycles. The summed E-state index contributed by atoms with van der Waals surface area (Å²) >= 11 is 0. The van der Waals surface area contributed by atoms with Crippen LogP contribution in [0.5, 0.6) is 5.75 Å². The van der Waals surface area contributed by atoms with Crippen LogP contribution in [0, 0.1) is 11.6 Å². The summed E-state index contributed by atoms with van der Waals surface area (Å²) in [5.74, 6) is 0.0807. The van der Waals surface area contributed by atoms with Crippen molar-refractivity contribution >= 4 is 0 Å². The summed E-state index contributed by atoms with van der Waals surface area (Å²) in [6, 6.07) is 10.4. The fourth-order valence-electron chi connectivity index (χ4n) is 4.67. The zero-order valence-electron chi connectivity index (χ0n) is 19.5. The third kappa shape index (κ3) is 4.42. The minimum Gasteiger partial charge on any atom is -0.497 e. The first-order valence-electron chi connectivity index (χ1n) is 11.3. The van der Waals surface area contributed by atoms with E-state index in [2.05, 4.69) is 19.5 Å². The van der Waals surface area contributed by atoms with Crippen molar-refractivity contribution in [3.05, 3.63) is 84.3 Å². The van der Waals surface area contributed by atoms with Crippen LogP contribution in [0.2, 0.25) is 0 Å². The van der Waals surface area contributed by atoms with E-state index in [0.29, 0.717) is 19.6 Å². The van der Waals surface area contributed by atoms with Crippen molar-refractivity contribution in [2.45, 2.75) is 38.2 Å². The Balaban J connectivity index is 1.45. The van der Waals surface area contributed by atoms with Gasteiger partial charge in [0.1, 0.15) is 41.5 Å². The van der Waals surface area contributed by atoms with Crippen LogP contribution in [0.3, 0.4) is 0 Å². The minimum absolute atomic E-state index is 0.00730. The number of benzene rings is 2. The zero-order chi connectivity index (χ0) is 24.6. The number of aliphatic hydroxyl groups is 1. The van der Waals surface area contributed by atoms with E-state index in [1.54, 1.807) is 7.11 Å². The molecule has 1 aliphatic rings. The molecule has 0 fully saturated rings. The molecule has 5 rings (SSSR count). The van der Waals surface area contributed by atoms with Gasteiger partial charge < -0.3 is 14.4 Å². The smallest absolute Gasteiger partial charge is 0.137 e. The number of halogens is 2. The van der Waals surface area contributed by atoms with Gasteiger partial charge >= 0.3 is 0 Å². The van der Waals surface area contributed by atoms with Gasteiger partial charge in [0.25, 0.3) is 0 Å². The molecule has 35 heavy (non-hydrogen) atoms. The highest BCUT2D eigenvalue weighted by Crippen LogP contribution is 2.34. The highest BCUT2D eigenvalue weighted by atomic mass is 19.1. The van der Waals surface area contributed by atoms with E-state index in [1.165, 1.54) is 23.4 Å². The molecule has 0 spiro atoms. The third-order valence-electron chi connectivity index (χ3n) is 6.70. The van der Waals surface area contributed by atoms with Crippen molar-refractivity contribution in [1.82, 2.24) is 29.2 Å². The van der Waals surface area contributed by atoms with Gasteiger partial charge in [-0.05, 0) is 25.1 Å². The molecule has 1 N–H and O–H groups in total. The van der Waals surface area contributed by atoms with E-state index in [9.17, 15) is 13.9 Å². The topological polar surface area (TPSA) is 81.2 Å². The van der Waals surface area contributed by atoms with Gasteiger partial charge in [0.2, 0.25) is 0 Å². The summed E-state index contributed by atoms with van der Waals surface area (Å²) in [6.07, 6.45) is 4.82. The van der Waals surface area contributed by atoms with Crippen molar-refractivity contribution in [3.63, 3.8) is 0 Å². The van der Waals surface area contributed by atoms with Crippen molar-refractivity contribution in [1.29, 1.82) is 0 Å². The van der Waals surface area contributed by atoms with Crippen LogP contribution >= 0.6 is 0 Å². The predicted molar refractivity (Wildman–Crippen MR) is 124 cm³/mol. The lowest BCUT2D eigenvalue weighted by Crippen LogP contribution is -2.53. The molecule has 8 nitrogen and oxygen atoms in total. The SMILES string of the molecule is COc1cccc(-c2cn3c(n2)CN([C@H](C)[C@](O)(Cn2cncn2)c2ccc(F)cc2F)CC3)c1. The second-order valence-electron chi connectivity index (χ2n) is 8.76. The van der Waals surface area contributed by atoms with Crippen LogP contribution in [-0.2, 0) is 25.2 Å². The van der Waals surface area contributed by atoms with Gasteiger partial charge in [0.05, 0.1) is 25.9 Å². The Morgan fingerprint density at radius 1 is 1.17 bits per heavy atom. The van der Waals surface area contributed by atoms with Crippen molar-refractivity contribution in [2.75, 3.05) is 13.7 Å². The van der Waals surface area contributed by atoms with Gasteiger partial charge in [-0.3, -0.25) is 4.90 Å². The average Bonchev–Trinajstić information content (AvgIpc) is 3.52. The highest BCUT2D eigenvalue weighted by Gasteiger charge is 2.43. The number of aromatic nitrogens is 5. The van der Waals surface area contributed by atoms with E-state index in [4.69, 9.17) is 9.72 Å².